The van der Waals surface area contributed by atoms with Crippen molar-refractivity contribution in [2.45, 2.75) is 0 Å². The first-order valence-electron chi connectivity index (χ1n) is 7.68. The number of hydrogen-bond donors (Lipinski definition) is 1. The fourth-order valence-corrected chi connectivity index (χ4v) is 3.44. The fraction of sp³-hybridized carbons (Fsp3) is 0.100. The summed E-state index contributed by atoms with van der Waals surface area (Å²) in [5, 5.41) is 11.8. The second kappa shape index (κ2) is 5.34. The lowest BCUT2D eigenvalue weighted by molar-refractivity contribution is 0.0975. The van der Waals surface area contributed by atoms with Crippen molar-refractivity contribution in [3.05, 3.63) is 64.7 Å². The Hall–Kier alpha value is -3.34. The average Bonchev–Trinajstić information content (AvgIpc) is 2.64. The lowest BCUT2D eigenvalue weighted by Crippen LogP contribution is -2.22. The van der Waals surface area contributed by atoms with E-state index in [4.69, 9.17) is 9.47 Å². The molecule has 0 radical (unpaired) electrons. The molecule has 1 aliphatic rings. The van der Waals surface area contributed by atoms with Crippen molar-refractivity contribution in [3.63, 3.8) is 0 Å². The maximum Gasteiger partial charge on any atom is 0.202 e. The van der Waals surface area contributed by atoms with Crippen molar-refractivity contribution in [1.29, 1.82) is 0 Å². The number of carbonyl (C=O) groups excluding carboxylic acids is 2. The van der Waals surface area contributed by atoms with E-state index in [1.807, 2.05) is 0 Å². The number of hydrogen-bond acceptors (Lipinski definition) is 5. The van der Waals surface area contributed by atoms with Crippen LogP contribution in [0, 0.1) is 0 Å². The van der Waals surface area contributed by atoms with Crippen molar-refractivity contribution in [3.8, 4) is 17.2 Å². The van der Waals surface area contributed by atoms with Gasteiger partial charge in [0.25, 0.3) is 0 Å². The summed E-state index contributed by atoms with van der Waals surface area (Å²) in [6, 6.07) is 11.9. The number of rotatable bonds is 2. The van der Waals surface area contributed by atoms with Gasteiger partial charge in [0.05, 0.1) is 25.3 Å². The Labute approximate surface area is 143 Å². The van der Waals surface area contributed by atoms with Gasteiger partial charge in [-0.1, -0.05) is 36.4 Å². The van der Waals surface area contributed by atoms with Crippen molar-refractivity contribution < 1.29 is 24.2 Å². The molecule has 0 heterocycles. The van der Waals surface area contributed by atoms with Crippen LogP contribution < -0.4 is 9.47 Å². The maximum absolute atomic E-state index is 13.1. The molecule has 0 saturated carbocycles. The minimum Gasteiger partial charge on any atom is -0.504 e. The Bertz CT molecular complexity index is 1070. The Morgan fingerprint density at radius 2 is 1.48 bits per heavy atom. The minimum absolute atomic E-state index is 0.0439. The van der Waals surface area contributed by atoms with Crippen molar-refractivity contribution in [1.82, 2.24) is 0 Å². The van der Waals surface area contributed by atoms with Gasteiger partial charge in [-0.25, -0.2) is 0 Å². The molecular formula is C20H14O5. The van der Waals surface area contributed by atoms with Crippen LogP contribution in [0.5, 0.6) is 17.2 Å². The summed E-state index contributed by atoms with van der Waals surface area (Å²) in [6.07, 6.45) is 0. The highest BCUT2D eigenvalue weighted by Gasteiger charge is 2.37. The maximum atomic E-state index is 13.1. The molecule has 0 atom stereocenters. The van der Waals surface area contributed by atoms with Crippen LogP contribution in [0.25, 0.3) is 10.8 Å². The Kier molecular flexibility index (Phi) is 3.25. The third-order valence-electron chi connectivity index (χ3n) is 4.52. The van der Waals surface area contributed by atoms with E-state index in [2.05, 4.69) is 0 Å². The molecule has 0 saturated heterocycles. The lowest BCUT2D eigenvalue weighted by Gasteiger charge is -2.23. The van der Waals surface area contributed by atoms with E-state index in [1.54, 1.807) is 42.5 Å². The number of phenols is 1. The highest BCUT2D eigenvalue weighted by molar-refractivity contribution is 6.34. The number of phenolic OH excluding ortho intramolecular Hbond substituents is 1. The molecule has 0 fully saturated rings. The third-order valence-corrected chi connectivity index (χ3v) is 4.52. The lowest BCUT2D eigenvalue weighted by atomic mass is 9.80. The molecule has 124 valence electrons. The van der Waals surface area contributed by atoms with Gasteiger partial charge in [0.1, 0.15) is 5.75 Å². The summed E-state index contributed by atoms with van der Waals surface area (Å²) >= 11 is 0. The zero-order chi connectivity index (χ0) is 17.7. The number of ketones is 2. The Balaban J connectivity index is 2.18. The second-order valence-corrected chi connectivity index (χ2v) is 5.72. The van der Waals surface area contributed by atoms with Gasteiger partial charge in [-0.2, -0.15) is 0 Å². The van der Waals surface area contributed by atoms with E-state index in [0.29, 0.717) is 16.5 Å². The largest absolute Gasteiger partial charge is 0.504 e. The normalized spacial score (nSPS) is 12.7. The number of fused-ring (bicyclic) bond motifs is 4. The van der Waals surface area contributed by atoms with Gasteiger partial charge in [-0.15, -0.1) is 0 Å². The summed E-state index contributed by atoms with van der Waals surface area (Å²) in [5.41, 5.74) is 0.582. The van der Waals surface area contributed by atoms with Gasteiger partial charge in [0, 0.05) is 16.5 Å². The van der Waals surface area contributed by atoms with Gasteiger partial charge >= 0.3 is 0 Å². The fourth-order valence-electron chi connectivity index (χ4n) is 3.44. The molecule has 0 aromatic heterocycles. The van der Waals surface area contributed by atoms with Crippen LogP contribution in [0.4, 0.5) is 0 Å². The van der Waals surface area contributed by atoms with Crippen LogP contribution >= 0.6 is 0 Å². The van der Waals surface area contributed by atoms with E-state index in [-0.39, 0.29) is 39.5 Å². The topological polar surface area (TPSA) is 72.8 Å². The Morgan fingerprint density at radius 3 is 2.16 bits per heavy atom. The van der Waals surface area contributed by atoms with Gasteiger partial charge < -0.3 is 14.6 Å². The van der Waals surface area contributed by atoms with Gasteiger partial charge in [-0.3, -0.25) is 9.59 Å². The molecule has 0 bridgehead atoms. The van der Waals surface area contributed by atoms with Gasteiger partial charge in [-0.05, 0) is 11.5 Å². The predicted molar refractivity (Wildman–Crippen MR) is 92.0 cm³/mol. The molecule has 5 nitrogen and oxygen atoms in total. The SMILES string of the molecule is COc1cccc2c1C(=O)c1c(O)c(OC)c3ccccc3c1C2=O. The molecule has 5 heteroatoms. The number of methoxy groups -OCH3 is 2. The van der Waals surface area contributed by atoms with E-state index in [0.717, 1.165) is 0 Å². The summed E-state index contributed by atoms with van der Waals surface area (Å²) in [6.45, 7) is 0. The van der Waals surface area contributed by atoms with Crippen LogP contribution in [0.1, 0.15) is 31.8 Å². The van der Waals surface area contributed by atoms with Crippen molar-refractivity contribution >= 4 is 22.3 Å². The molecule has 0 aliphatic heterocycles. The first-order valence-corrected chi connectivity index (χ1v) is 7.68. The number of ether oxygens (including phenoxy) is 2. The van der Waals surface area contributed by atoms with Crippen LogP contribution in [-0.4, -0.2) is 30.9 Å². The summed E-state index contributed by atoms with van der Waals surface area (Å²) in [5.74, 6) is -0.630. The van der Waals surface area contributed by atoms with Crippen LogP contribution in [-0.2, 0) is 0 Å². The van der Waals surface area contributed by atoms with Gasteiger partial charge in [0.2, 0.25) is 5.78 Å². The number of aromatic hydroxyl groups is 1. The molecule has 3 aromatic carbocycles. The molecular weight excluding hydrogens is 320 g/mol. The smallest absolute Gasteiger partial charge is 0.202 e. The third kappa shape index (κ3) is 1.89. The van der Waals surface area contributed by atoms with Crippen LogP contribution in [0.2, 0.25) is 0 Å². The molecule has 25 heavy (non-hydrogen) atoms. The first-order chi connectivity index (χ1) is 12.1. The van der Waals surface area contributed by atoms with Crippen LogP contribution in [0.15, 0.2) is 42.5 Å². The van der Waals surface area contributed by atoms with Crippen molar-refractivity contribution in [2.24, 2.45) is 0 Å². The molecule has 0 amide bonds. The molecule has 1 N–H and O–H groups in total. The van der Waals surface area contributed by atoms with E-state index in [9.17, 15) is 14.7 Å². The minimum atomic E-state index is -0.455. The van der Waals surface area contributed by atoms with E-state index >= 15 is 0 Å². The number of benzene rings is 3. The Morgan fingerprint density at radius 1 is 0.760 bits per heavy atom. The standard InChI is InChI=1S/C20H14O5/c1-24-13-9-5-8-12-14(13)18(22)16-15(17(12)21)10-6-3-4-7-11(10)20(25-2)19(16)23/h3-9,23H,1-2H3. The van der Waals surface area contributed by atoms with Crippen molar-refractivity contribution in [2.75, 3.05) is 14.2 Å². The average molecular weight is 334 g/mol. The van der Waals surface area contributed by atoms with Gasteiger partial charge in [0.15, 0.2) is 17.3 Å². The molecule has 3 aromatic rings. The zero-order valence-corrected chi connectivity index (χ0v) is 13.6. The number of carbonyl (C=O) groups is 2. The molecule has 0 spiro atoms. The van der Waals surface area contributed by atoms with Crippen LogP contribution in [0.3, 0.4) is 0 Å². The first kappa shape index (κ1) is 15.2. The summed E-state index contributed by atoms with van der Waals surface area (Å²) in [7, 11) is 2.85. The van der Waals surface area contributed by atoms with E-state index < -0.39 is 5.78 Å². The van der Waals surface area contributed by atoms with E-state index in [1.165, 1.54) is 14.2 Å². The predicted octanol–water partition coefficient (Wildman–Crippen LogP) is 3.34. The highest BCUT2D eigenvalue weighted by Crippen LogP contribution is 2.46. The zero-order valence-electron chi connectivity index (χ0n) is 13.6. The molecule has 4 rings (SSSR count). The second-order valence-electron chi connectivity index (χ2n) is 5.72. The quantitative estimate of drug-likeness (QED) is 0.609. The molecule has 0 unspecified atom stereocenters. The monoisotopic (exact) mass is 334 g/mol. The summed E-state index contributed by atoms with van der Waals surface area (Å²) < 4.78 is 10.6. The highest BCUT2D eigenvalue weighted by atomic mass is 16.5. The molecule has 1 aliphatic carbocycles. The summed E-state index contributed by atoms with van der Waals surface area (Å²) in [4.78, 5) is 26.2.